The van der Waals surface area contributed by atoms with Crippen molar-refractivity contribution in [1.29, 1.82) is 0 Å². The Morgan fingerprint density at radius 1 is 1.33 bits per heavy atom. The number of halogens is 1. The summed E-state index contributed by atoms with van der Waals surface area (Å²) in [5, 5.41) is 20.6. The van der Waals surface area contributed by atoms with Crippen LogP contribution in [0.1, 0.15) is 23.0 Å². The zero-order valence-corrected chi connectivity index (χ0v) is 14.1. The maximum atomic E-state index is 12.1. The van der Waals surface area contributed by atoms with Gasteiger partial charge in [0.25, 0.3) is 5.91 Å². The van der Waals surface area contributed by atoms with E-state index in [1.54, 1.807) is 43.3 Å². The first kappa shape index (κ1) is 16.2. The van der Waals surface area contributed by atoms with Crippen molar-refractivity contribution in [1.82, 2.24) is 15.6 Å². The Hall–Kier alpha value is -2.64. The van der Waals surface area contributed by atoms with Crippen LogP contribution in [-0.4, -0.2) is 26.9 Å². The molecular weight excluding hydrogens is 348 g/mol. The van der Waals surface area contributed by atoms with Gasteiger partial charge in [-0.3, -0.25) is 9.89 Å². The van der Waals surface area contributed by atoms with E-state index in [0.717, 1.165) is 4.88 Å². The molecule has 2 heterocycles. The third-order valence-corrected chi connectivity index (χ3v) is 4.53. The van der Waals surface area contributed by atoms with Crippen molar-refractivity contribution < 1.29 is 9.90 Å². The molecule has 3 aromatic rings. The molecule has 0 saturated carbocycles. The Morgan fingerprint density at radius 2 is 2.12 bits per heavy atom. The number of phenolic OH excluding ortho intramolecular Hbond substituents is 1. The molecule has 3 rings (SSSR count). The highest BCUT2D eigenvalue weighted by molar-refractivity contribution is 7.19. The maximum Gasteiger partial charge on any atom is 0.291 e. The second-order valence-corrected chi connectivity index (χ2v) is 6.64. The van der Waals surface area contributed by atoms with Gasteiger partial charge in [0.2, 0.25) is 0 Å². The Morgan fingerprint density at radius 3 is 2.83 bits per heavy atom. The lowest BCUT2D eigenvalue weighted by molar-refractivity contribution is 0.0950. The monoisotopic (exact) mass is 360 g/mol. The van der Waals surface area contributed by atoms with Crippen LogP contribution in [-0.2, 0) is 0 Å². The Bertz CT molecular complexity index is 916. The van der Waals surface area contributed by atoms with Crippen molar-refractivity contribution >= 4 is 34.6 Å². The number of nitrogens with zero attached hydrogens (tertiary/aromatic N) is 2. The second kappa shape index (κ2) is 6.86. The lowest BCUT2D eigenvalue weighted by atomic mass is 10.1. The zero-order valence-electron chi connectivity index (χ0n) is 12.6. The molecule has 0 saturated heterocycles. The van der Waals surface area contributed by atoms with Crippen molar-refractivity contribution in [2.75, 3.05) is 0 Å². The normalized spacial score (nSPS) is 11.5. The number of carbonyl (C=O) groups excluding carboxylic acids is 1. The molecule has 24 heavy (non-hydrogen) atoms. The SMILES string of the molecule is C/C(=N\NC(=O)c1cc(-c2ccc(Cl)s2)[nH]n1)c1ccccc1O. The molecule has 6 nitrogen and oxygen atoms in total. The number of nitrogens with one attached hydrogen (secondary N) is 2. The lowest BCUT2D eigenvalue weighted by Gasteiger charge is -2.03. The number of amides is 1. The number of phenols is 1. The highest BCUT2D eigenvalue weighted by Crippen LogP contribution is 2.29. The maximum absolute atomic E-state index is 12.1. The molecule has 0 fully saturated rings. The third kappa shape index (κ3) is 3.47. The van der Waals surface area contributed by atoms with Gasteiger partial charge in [0.1, 0.15) is 5.75 Å². The predicted octanol–water partition coefficient (Wildman–Crippen LogP) is 3.65. The minimum absolute atomic E-state index is 0.102. The standard InChI is InChI=1S/C16H13ClN4O2S/c1-9(10-4-2-3-5-13(10)22)18-21-16(23)12-8-11(19-20-12)14-6-7-15(17)24-14/h2-8,22H,1H3,(H,19,20)(H,21,23)/b18-9+. The largest absolute Gasteiger partial charge is 0.507 e. The van der Waals surface area contributed by atoms with Crippen molar-refractivity contribution in [3.05, 3.63) is 58.1 Å². The van der Waals surface area contributed by atoms with Gasteiger partial charge in [-0.25, -0.2) is 5.43 Å². The highest BCUT2D eigenvalue weighted by Gasteiger charge is 2.12. The predicted molar refractivity (Wildman–Crippen MR) is 94.7 cm³/mol. The molecule has 122 valence electrons. The van der Waals surface area contributed by atoms with E-state index in [2.05, 4.69) is 20.7 Å². The van der Waals surface area contributed by atoms with Crippen LogP contribution in [0.5, 0.6) is 5.75 Å². The summed E-state index contributed by atoms with van der Waals surface area (Å²) in [6, 6.07) is 12.0. The first-order valence-corrected chi connectivity index (χ1v) is 8.18. The number of para-hydroxylation sites is 1. The number of hydrogen-bond acceptors (Lipinski definition) is 5. The molecule has 1 aromatic carbocycles. The van der Waals surface area contributed by atoms with Gasteiger partial charge in [-0.15, -0.1) is 11.3 Å². The Labute approximate surface area is 146 Å². The van der Waals surface area contributed by atoms with Crippen LogP contribution in [0.4, 0.5) is 0 Å². The fourth-order valence-electron chi connectivity index (χ4n) is 2.06. The summed E-state index contributed by atoms with van der Waals surface area (Å²) in [6.07, 6.45) is 0. The molecule has 0 radical (unpaired) electrons. The van der Waals surface area contributed by atoms with E-state index in [1.165, 1.54) is 11.3 Å². The van der Waals surface area contributed by atoms with E-state index in [-0.39, 0.29) is 11.4 Å². The molecule has 2 aromatic heterocycles. The number of thiophene rings is 1. The van der Waals surface area contributed by atoms with E-state index in [1.807, 2.05) is 6.07 Å². The van der Waals surface area contributed by atoms with Gasteiger partial charge in [-0.1, -0.05) is 23.7 Å². The Kier molecular flexibility index (Phi) is 4.64. The number of hydrazone groups is 1. The van der Waals surface area contributed by atoms with Crippen LogP contribution in [0.3, 0.4) is 0 Å². The summed E-state index contributed by atoms with van der Waals surface area (Å²) in [7, 11) is 0. The lowest BCUT2D eigenvalue weighted by Crippen LogP contribution is -2.19. The number of benzene rings is 1. The van der Waals surface area contributed by atoms with Gasteiger partial charge in [0.15, 0.2) is 5.69 Å². The third-order valence-electron chi connectivity index (χ3n) is 3.27. The minimum Gasteiger partial charge on any atom is -0.507 e. The number of aromatic nitrogens is 2. The van der Waals surface area contributed by atoms with E-state index in [9.17, 15) is 9.90 Å². The summed E-state index contributed by atoms with van der Waals surface area (Å²) in [6.45, 7) is 1.69. The quantitative estimate of drug-likeness (QED) is 0.490. The smallest absolute Gasteiger partial charge is 0.291 e. The average Bonchev–Trinajstić information content (AvgIpc) is 3.21. The number of aromatic amines is 1. The highest BCUT2D eigenvalue weighted by atomic mass is 35.5. The van der Waals surface area contributed by atoms with Crippen LogP contribution in [0.15, 0.2) is 47.6 Å². The summed E-state index contributed by atoms with van der Waals surface area (Å²) in [4.78, 5) is 13.0. The number of aromatic hydroxyl groups is 1. The molecule has 0 aliphatic carbocycles. The fraction of sp³-hybridized carbons (Fsp3) is 0.0625. The molecular formula is C16H13ClN4O2S. The molecule has 3 N–H and O–H groups in total. The van der Waals surface area contributed by atoms with Crippen molar-refractivity contribution in [2.45, 2.75) is 6.92 Å². The summed E-state index contributed by atoms with van der Waals surface area (Å²) in [5.74, 6) is -0.348. The van der Waals surface area contributed by atoms with E-state index < -0.39 is 5.91 Å². The van der Waals surface area contributed by atoms with E-state index in [0.29, 0.717) is 21.3 Å². The van der Waals surface area contributed by atoms with E-state index >= 15 is 0 Å². The van der Waals surface area contributed by atoms with Gasteiger partial charge in [0.05, 0.1) is 20.6 Å². The molecule has 1 amide bonds. The summed E-state index contributed by atoms with van der Waals surface area (Å²) >= 11 is 7.29. The fourth-order valence-corrected chi connectivity index (χ4v) is 3.06. The number of H-pyrrole nitrogens is 1. The first-order chi connectivity index (χ1) is 11.5. The number of carbonyl (C=O) groups is 1. The minimum atomic E-state index is -0.449. The number of hydrogen-bond donors (Lipinski definition) is 3. The number of rotatable bonds is 4. The molecule has 0 bridgehead atoms. The van der Waals surface area contributed by atoms with Gasteiger partial charge in [-0.05, 0) is 37.3 Å². The summed E-state index contributed by atoms with van der Waals surface area (Å²) < 4.78 is 0.661. The van der Waals surface area contributed by atoms with Crippen LogP contribution in [0.2, 0.25) is 4.34 Å². The molecule has 0 aliphatic rings. The first-order valence-electron chi connectivity index (χ1n) is 6.98. The van der Waals surface area contributed by atoms with Crippen LogP contribution in [0.25, 0.3) is 10.6 Å². The molecule has 0 aliphatic heterocycles. The van der Waals surface area contributed by atoms with Crippen LogP contribution < -0.4 is 5.43 Å². The topological polar surface area (TPSA) is 90.4 Å². The van der Waals surface area contributed by atoms with Crippen molar-refractivity contribution in [3.8, 4) is 16.3 Å². The molecule has 0 spiro atoms. The van der Waals surface area contributed by atoms with Crippen LogP contribution >= 0.6 is 22.9 Å². The average molecular weight is 361 g/mol. The van der Waals surface area contributed by atoms with Crippen LogP contribution in [0, 0.1) is 0 Å². The zero-order chi connectivity index (χ0) is 17.1. The molecule has 8 heteroatoms. The van der Waals surface area contributed by atoms with Crippen molar-refractivity contribution in [2.24, 2.45) is 5.10 Å². The molecule has 0 unspecified atom stereocenters. The molecule has 0 atom stereocenters. The van der Waals surface area contributed by atoms with E-state index in [4.69, 9.17) is 11.6 Å². The summed E-state index contributed by atoms with van der Waals surface area (Å²) in [5.41, 5.74) is 4.38. The van der Waals surface area contributed by atoms with Gasteiger partial charge >= 0.3 is 0 Å². The Balaban J connectivity index is 1.73. The second-order valence-electron chi connectivity index (χ2n) is 4.93. The van der Waals surface area contributed by atoms with Gasteiger partial charge < -0.3 is 5.11 Å². The van der Waals surface area contributed by atoms with Gasteiger partial charge in [0, 0.05) is 5.56 Å². The van der Waals surface area contributed by atoms with Gasteiger partial charge in [-0.2, -0.15) is 10.2 Å². The van der Waals surface area contributed by atoms with Crippen molar-refractivity contribution in [3.63, 3.8) is 0 Å².